The SMILES string of the molecule is CC(CC(NC(=O)C(c1ccccc1)c1ccccc1)C(=O)NCc1ccc(O)cc1)c1ccnc(N)c1. The van der Waals surface area contributed by atoms with Crippen LogP contribution in [0.4, 0.5) is 5.82 Å². The van der Waals surface area contributed by atoms with Crippen molar-refractivity contribution in [2.24, 2.45) is 0 Å². The Morgan fingerprint density at radius 2 is 1.45 bits per heavy atom. The molecule has 0 aliphatic carbocycles. The van der Waals surface area contributed by atoms with Crippen molar-refractivity contribution in [1.82, 2.24) is 15.6 Å². The molecule has 0 saturated heterocycles. The molecule has 1 aromatic heterocycles. The van der Waals surface area contributed by atoms with Crippen molar-refractivity contribution in [3.8, 4) is 5.75 Å². The number of nitrogens with two attached hydrogens (primary N) is 1. The van der Waals surface area contributed by atoms with Gasteiger partial charge in [-0.05, 0) is 58.9 Å². The van der Waals surface area contributed by atoms with Crippen LogP contribution < -0.4 is 16.4 Å². The van der Waals surface area contributed by atoms with E-state index >= 15 is 0 Å². The van der Waals surface area contributed by atoms with Gasteiger partial charge < -0.3 is 21.5 Å². The van der Waals surface area contributed by atoms with Crippen LogP contribution >= 0.6 is 0 Å². The number of carbonyl (C=O) groups is 2. The van der Waals surface area contributed by atoms with Crippen molar-refractivity contribution < 1.29 is 14.7 Å². The monoisotopic (exact) mass is 508 g/mol. The van der Waals surface area contributed by atoms with Gasteiger partial charge in [0, 0.05) is 12.7 Å². The zero-order valence-electron chi connectivity index (χ0n) is 21.2. The maximum Gasteiger partial charge on any atom is 0.242 e. The molecule has 7 heteroatoms. The molecule has 3 aromatic carbocycles. The fourth-order valence-corrected chi connectivity index (χ4v) is 4.46. The third-order valence-corrected chi connectivity index (χ3v) is 6.53. The van der Waals surface area contributed by atoms with Gasteiger partial charge in [0.15, 0.2) is 0 Å². The summed E-state index contributed by atoms with van der Waals surface area (Å²) < 4.78 is 0. The number of benzene rings is 3. The summed E-state index contributed by atoms with van der Waals surface area (Å²) in [5.74, 6) is -0.633. The van der Waals surface area contributed by atoms with E-state index in [2.05, 4.69) is 15.6 Å². The molecular weight excluding hydrogens is 476 g/mol. The Balaban J connectivity index is 1.58. The van der Waals surface area contributed by atoms with Crippen molar-refractivity contribution >= 4 is 17.6 Å². The molecule has 0 bridgehead atoms. The fraction of sp³-hybridized carbons (Fsp3) is 0.194. The van der Waals surface area contributed by atoms with Crippen LogP contribution in [0.15, 0.2) is 103 Å². The standard InChI is InChI=1S/C31H32N4O3/c1-21(25-16-17-33-28(32)19-25)18-27(30(37)34-20-22-12-14-26(36)15-13-22)35-31(38)29(23-8-4-2-5-9-23)24-10-6-3-7-11-24/h2-17,19,21,27,29,36H,18,20H2,1H3,(H2,32,33)(H,34,37)(H,35,38). The molecule has 7 nitrogen and oxygen atoms in total. The molecule has 0 radical (unpaired) electrons. The second-order valence-corrected chi connectivity index (χ2v) is 9.35. The highest BCUT2D eigenvalue weighted by Crippen LogP contribution is 2.26. The number of phenols is 1. The first kappa shape index (κ1) is 26.4. The minimum absolute atomic E-state index is 0.0723. The predicted octanol–water partition coefficient (Wildman–Crippen LogP) is 4.50. The van der Waals surface area contributed by atoms with E-state index in [0.717, 1.165) is 22.3 Å². The van der Waals surface area contributed by atoms with Gasteiger partial charge in [-0.15, -0.1) is 0 Å². The quantitative estimate of drug-likeness (QED) is 0.252. The molecule has 0 saturated carbocycles. The van der Waals surface area contributed by atoms with E-state index in [-0.39, 0.29) is 30.0 Å². The number of hydrogen-bond acceptors (Lipinski definition) is 5. The molecule has 0 spiro atoms. The molecule has 2 atom stereocenters. The van der Waals surface area contributed by atoms with E-state index in [9.17, 15) is 14.7 Å². The number of hydrogen-bond donors (Lipinski definition) is 4. The number of nitrogens with one attached hydrogen (secondary N) is 2. The van der Waals surface area contributed by atoms with Crippen LogP contribution in [-0.2, 0) is 16.1 Å². The highest BCUT2D eigenvalue weighted by molar-refractivity contribution is 5.92. The Morgan fingerprint density at radius 1 is 0.842 bits per heavy atom. The lowest BCUT2D eigenvalue weighted by Gasteiger charge is -2.25. The van der Waals surface area contributed by atoms with E-state index in [1.807, 2.05) is 73.7 Å². The molecule has 194 valence electrons. The largest absolute Gasteiger partial charge is 0.508 e. The highest BCUT2D eigenvalue weighted by atomic mass is 16.3. The Hall–Kier alpha value is -4.65. The molecule has 4 aromatic rings. The van der Waals surface area contributed by atoms with Gasteiger partial charge in [0.1, 0.15) is 17.6 Å². The summed E-state index contributed by atoms with van der Waals surface area (Å²) in [7, 11) is 0. The molecule has 0 aliphatic rings. The van der Waals surface area contributed by atoms with Crippen molar-refractivity contribution in [1.29, 1.82) is 0 Å². The molecule has 0 aliphatic heterocycles. The van der Waals surface area contributed by atoms with Crippen molar-refractivity contribution in [2.45, 2.75) is 37.8 Å². The van der Waals surface area contributed by atoms with E-state index in [1.165, 1.54) is 0 Å². The number of nitrogens with zero attached hydrogens (tertiary/aromatic N) is 1. The lowest BCUT2D eigenvalue weighted by atomic mass is 9.89. The van der Waals surface area contributed by atoms with Crippen LogP contribution in [0.3, 0.4) is 0 Å². The van der Waals surface area contributed by atoms with Gasteiger partial charge in [0.05, 0.1) is 5.92 Å². The third-order valence-electron chi connectivity index (χ3n) is 6.53. The van der Waals surface area contributed by atoms with Gasteiger partial charge in [-0.3, -0.25) is 9.59 Å². The maximum absolute atomic E-state index is 13.8. The number of aromatic hydroxyl groups is 1. The normalized spacial score (nSPS) is 12.5. The second kappa shape index (κ2) is 12.5. The van der Waals surface area contributed by atoms with Crippen molar-refractivity contribution in [3.63, 3.8) is 0 Å². The first-order chi connectivity index (χ1) is 18.4. The van der Waals surface area contributed by atoms with Gasteiger partial charge in [-0.1, -0.05) is 79.7 Å². The second-order valence-electron chi connectivity index (χ2n) is 9.35. The number of anilines is 1. The number of rotatable bonds is 10. The Labute approximate surface area is 222 Å². The van der Waals surface area contributed by atoms with Crippen LogP contribution in [0.2, 0.25) is 0 Å². The smallest absolute Gasteiger partial charge is 0.242 e. The highest BCUT2D eigenvalue weighted by Gasteiger charge is 2.29. The van der Waals surface area contributed by atoms with Gasteiger partial charge in [0.2, 0.25) is 11.8 Å². The van der Waals surface area contributed by atoms with E-state index < -0.39 is 12.0 Å². The van der Waals surface area contributed by atoms with Gasteiger partial charge in [0.25, 0.3) is 0 Å². The topological polar surface area (TPSA) is 117 Å². The van der Waals surface area contributed by atoms with E-state index in [4.69, 9.17) is 5.73 Å². The van der Waals surface area contributed by atoms with Gasteiger partial charge in [-0.25, -0.2) is 4.98 Å². The Morgan fingerprint density at radius 3 is 2.03 bits per heavy atom. The van der Waals surface area contributed by atoms with Gasteiger partial charge in [-0.2, -0.15) is 0 Å². The number of nitrogen functional groups attached to an aromatic ring is 1. The van der Waals surface area contributed by atoms with Crippen LogP contribution in [0.5, 0.6) is 5.75 Å². The predicted molar refractivity (Wildman–Crippen MR) is 148 cm³/mol. The molecule has 2 amide bonds. The molecular formula is C31H32N4O3. The zero-order chi connectivity index (χ0) is 26.9. The zero-order valence-corrected chi connectivity index (χ0v) is 21.2. The summed E-state index contributed by atoms with van der Waals surface area (Å²) in [4.78, 5) is 31.3. The maximum atomic E-state index is 13.8. The summed E-state index contributed by atoms with van der Waals surface area (Å²) in [6.45, 7) is 2.26. The minimum atomic E-state index is -0.793. The average Bonchev–Trinajstić information content (AvgIpc) is 2.93. The lowest BCUT2D eigenvalue weighted by Crippen LogP contribution is -2.48. The molecule has 4 rings (SSSR count). The lowest BCUT2D eigenvalue weighted by molar-refractivity contribution is -0.129. The summed E-state index contributed by atoms with van der Waals surface area (Å²) >= 11 is 0. The molecule has 2 unspecified atom stereocenters. The van der Waals surface area contributed by atoms with E-state index in [1.54, 1.807) is 36.5 Å². The van der Waals surface area contributed by atoms with Crippen LogP contribution in [0.1, 0.15) is 47.4 Å². The average molecular weight is 509 g/mol. The third kappa shape index (κ3) is 6.97. The van der Waals surface area contributed by atoms with E-state index in [0.29, 0.717) is 12.2 Å². The molecule has 1 heterocycles. The summed E-state index contributed by atoms with van der Waals surface area (Å²) in [5.41, 5.74) is 9.34. The van der Waals surface area contributed by atoms with Crippen molar-refractivity contribution in [3.05, 3.63) is 126 Å². The first-order valence-electron chi connectivity index (χ1n) is 12.6. The number of amides is 2. The molecule has 5 N–H and O–H groups in total. The van der Waals surface area contributed by atoms with Gasteiger partial charge >= 0.3 is 0 Å². The number of aromatic nitrogens is 1. The van der Waals surface area contributed by atoms with Crippen molar-refractivity contribution in [2.75, 3.05) is 5.73 Å². The summed E-state index contributed by atoms with van der Waals surface area (Å²) in [5, 5.41) is 15.5. The fourth-order valence-electron chi connectivity index (χ4n) is 4.46. The number of pyridine rings is 1. The summed E-state index contributed by atoms with van der Waals surface area (Å²) in [6.07, 6.45) is 2.01. The number of phenolic OH excluding ortho intramolecular Hbond substituents is 1. The van der Waals surface area contributed by atoms with Crippen LogP contribution in [0, 0.1) is 0 Å². The minimum Gasteiger partial charge on any atom is -0.508 e. The molecule has 38 heavy (non-hydrogen) atoms. The van der Waals surface area contributed by atoms with Crippen LogP contribution in [0.25, 0.3) is 0 Å². The number of carbonyl (C=O) groups excluding carboxylic acids is 2. The van der Waals surface area contributed by atoms with Crippen LogP contribution in [-0.4, -0.2) is 27.9 Å². The first-order valence-corrected chi connectivity index (χ1v) is 12.6. The Bertz CT molecular complexity index is 1310. The Kier molecular flexibility index (Phi) is 8.72. The molecule has 0 fully saturated rings. The summed E-state index contributed by atoms with van der Waals surface area (Å²) in [6, 6.07) is 28.6.